The molecule has 0 heterocycles. The maximum atomic E-state index is 12.9. The van der Waals surface area contributed by atoms with Crippen LogP contribution in [0.15, 0.2) is 0 Å². The number of carbonyl (C=O) groups is 1. The lowest BCUT2D eigenvalue weighted by Crippen LogP contribution is -2.45. The highest BCUT2D eigenvalue weighted by Crippen LogP contribution is 2.11. The summed E-state index contributed by atoms with van der Waals surface area (Å²) in [6, 6.07) is -0.659. The third-order valence-corrected chi connectivity index (χ3v) is 7.24. The summed E-state index contributed by atoms with van der Waals surface area (Å²) in [7, 11) is 0. The average molecular weight is 718 g/mol. The molecule has 0 saturated carbocycles. The molecule has 1 amide bonds. The van der Waals surface area contributed by atoms with Gasteiger partial charge in [-0.25, -0.2) is 0 Å². The number of aliphatic hydroxyl groups is 8. The zero-order valence-electron chi connectivity index (χ0n) is 29.4. The lowest BCUT2D eigenvalue weighted by Gasteiger charge is -2.26. The van der Waals surface area contributed by atoms with Crippen LogP contribution in [0.3, 0.4) is 0 Å². The number of carbonyl (C=O) groups excluding carboxylic acids is 1. The molecule has 16 heteroatoms. The first-order chi connectivity index (χ1) is 23.7. The van der Waals surface area contributed by atoms with Gasteiger partial charge in [-0.05, 0) is 6.42 Å². The topological polar surface area (TPSA) is 246 Å². The molecule has 0 aromatic rings. The zero-order valence-corrected chi connectivity index (χ0v) is 29.4. The SMILES string of the molecule is CCCCCCCCCCCC(=O)NC(COC(COCC(O)CO)COCC(O)CO)COC(COCC(O)CO)COCC(O)CO. The highest BCUT2D eigenvalue weighted by atomic mass is 16.6. The molecule has 0 spiro atoms. The Hall–Kier alpha value is -1.09. The van der Waals surface area contributed by atoms with Gasteiger partial charge in [0.05, 0.1) is 98.5 Å². The van der Waals surface area contributed by atoms with Gasteiger partial charge in [0.15, 0.2) is 0 Å². The standard InChI is InChI=1S/C33H67NO15/c1-2-3-4-5-6-7-8-9-10-11-33(43)34-26(16-48-31(22-44-18-27(39)12-35)23-45-19-28(40)13-36)17-49-32(24-46-20-29(41)14-37)25-47-21-30(42)15-38/h26-32,35-42H,2-25H2,1H3,(H,34,43). The van der Waals surface area contributed by atoms with Crippen molar-refractivity contribution < 1.29 is 74.1 Å². The van der Waals surface area contributed by atoms with E-state index in [2.05, 4.69) is 12.2 Å². The predicted octanol–water partition coefficient (Wildman–Crippen LogP) is -1.36. The van der Waals surface area contributed by atoms with Crippen LogP contribution in [0.2, 0.25) is 0 Å². The van der Waals surface area contributed by atoms with Crippen LogP contribution < -0.4 is 5.32 Å². The molecule has 0 saturated heterocycles. The fourth-order valence-electron chi connectivity index (χ4n) is 4.37. The molecule has 0 aliphatic rings. The Kier molecular flexibility index (Phi) is 33.3. The summed E-state index contributed by atoms with van der Waals surface area (Å²) >= 11 is 0. The van der Waals surface area contributed by atoms with Gasteiger partial charge >= 0.3 is 0 Å². The first-order valence-corrected chi connectivity index (χ1v) is 17.7. The van der Waals surface area contributed by atoms with Crippen LogP contribution in [-0.2, 0) is 33.2 Å². The van der Waals surface area contributed by atoms with Crippen molar-refractivity contribution in [2.75, 3.05) is 92.5 Å². The van der Waals surface area contributed by atoms with Crippen molar-refractivity contribution in [3.8, 4) is 0 Å². The number of hydrogen-bond acceptors (Lipinski definition) is 15. The fraction of sp³-hybridized carbons (Fsp3) is 0.970. The Bertz CT molecular complexity index is 654. The van der Waals surface area contributed by atoms with Crippen molar-refractivity contribution in [2.24, 2.45) is 0 Å². The molecular formula is C33H67NO15. The molecule has 9 N–H and O–H groups in total. The van der Waals surface area contributed by atoms with E-state index in [-0.39, 0.29) is 72.0 Å². The molecule has 0 aliphatic carbocycles. The van der Waals surface area contributed by atoms with Crippen molar-refractivity contribution >= 4 is 5.91 Å². The van der Waals surface area contributed by atoms with Crippen LogP contribution in [0.5, 0.6) is 0 Å². The van der Waals surface area contributed by atoms with E-state index in [9.17, 15) is 25.2 Å². The van der Waals surface area contributed by atoms with E-state index in [4.69, 9.17) is 48.8 Å². The number of aliphatic hydroxyl groups excluding tert-OH is 8. The fourth-order valence-corrected chi connectivity index (χ4v) is 4.37. The molecular weight excluding hydrogens is 650 g/mol. The minimum atomic E-state index is -1.09. The van der Waals surface area contributed by atoms with Crippen LogP contribution in [0.25, 0.3) is 0 Å². The second-order valence-electron chi connectivity index (χ2n) is 12.2. The van der Waals surface area contributed by atoms with E-state index < -0.39 is 69.1 Å². The molecule has 0 aromatic heterocycles. The van der Waals surface area contributed by atoms with Gasteiger partial charge in [0.2, 0.25) is 5.91 Å². The van der Waals surface area contributed by atoms with Crippen molar-refractivity contribution in [2.45, 2.75) is 114 Å². The molecule has 4 atom stereocenters. The van der Waals surface area contributed by atoms with E-state index in [1.165, 1.54) is 32.1 Å². The predicted molar refractivity (Wildman–Crippen MR) is 179 cm³/mol. The van der Waals surface area contributed by atoms with Crippen molar-refractivity contribution in [1.29, 1.82) is 0 Å². The lowest BCUT2D eigenvalue weighted by molar-refractivity contribution is -0.127. The Balaban J connectivity index is 5.36. The Labute approximate surface area is 291 Å². The number of unbranched alkanes of at least 4 members (excludes halogenated alkanes) is 8. The maximum Gasteiger partial charge on any atom is 0.220 e. The van der Waals surface area contributed by atoms with Crippen molar-refractivity contribution in [3.63, 3.8) is 0 Å². The number of hydrogen-bond donors (Lipinski definition) is 9. The number of rotatable bonds is 37. The number of nitrogens with one attached hydrogen (secondary N) is 1. The summed E-state index contributed by atoms with van der Waals surface area (Å²) in [6.45, 7) is -0.653. The quantitative estimate of drug-likeness (QED) is 0.0337. The molecule has 4 unspecified atom stereocenters. The lowest BCUT2D eigenvalue weighted by atomic mass is 10.1. The molecule has 0 fully saturated rings. The Morgan fingerprint density at radius 3 is 1.14 bits per heavy atom. The van der Waals surface area contributed by atoms with E-state index in [1.54, 1.807) is 0 Å². The molecule has 0 aromatic carbocycles. The minimum absolute atomic E-state index is 0.0447. The summed E-state index contributed by atoms with van der Waals surface area (Å²) in [4.78, 5) is 12.9. The Morgan fingerprint density at radius 1 is 0.490 bits per heavy atom. The molecule has 49 heavy (non-hydrogen) atoms. The van der Waals surface area contributed by atoms with Gasteiger partial charge in [-0.1, -0.05) is 58.3 Å². The molecule has 0 aliphatic heterocycles. The molecule has 16 nitrogen and oxygen atoms in total. The maximum absolute atomic E-state index is 12.9. The van der Waals surface area contributed by atoms with Crippen LogP contribution in [-0.4, -0.2) is 182 Å². The zero-order chi connectivity index (χ0) is 36.5. The van der Waals surface area contributed by atoms with Gasteiger partial charge in [-0.2, -0.15) is 0 Å². The summed E-state index contributed by atoms with van der Waals surface area (Å²) in [5, 5.41) is 77.7. The highest BCUT2D eigenvalue weighted by molar-refractivity contribution is 5.76. The van der Waals surface area contributed by atoms with Crippen LogP contribution in [0, 0.1) is 0 Å². The van der Waals surface area contributed by atoms with Gasteiger partial charge in [0.1, 0.15) is 36.6 Å². The molecule has 0 rings (SSSR count). The average Bonchev–Trinajstić information content (AvgIpc) is 3.10. The van der Waals surface area contributed by atoms with Crippen molar-refractivity contribution in [3.05, 3.63) is 0 Å². The van der Waals surface area contributed by atoms with Gasteiger partial charge in [-0.15, -0.1) is 0 Å². The monoisotopic (exact) mass is 717 g/mol. The number of ether oxygens (including phenoxy) is 6. The molecule has 0 radical (unpaired) electrons. The first kappa shape index (κ1) is 47.9. The van der Waals surface area contributed by atoms with Gasteiger partial charge in [-0.3, -0.25) is 4.79 Å². The van der Waals surface area contributed by atoms with E-state index in [0.717, 1.165) is 25.7 Å². The normalized spacial score (nSPS) is 16.2. The summed E-state index contributed by atoms with van der Waals surface area (Å²) in [6.07, 6.45) is 4.57. The summed E-state index contributed by atoms with van der Waals surface area (Å²) < 4.78 is 33.8. The van der Waals surface area contributed by atoms with Crippen LogP contribution in [0.4, 0.5) is 0 Å². The third kappa shape index (κ3) is 30.3. The third-order valence-electron chi connectivity index (χ3n) is 7.24. The number of amides is 1. The summed E-state index contributed by atoms with van der Waals surface area (Å²) in [5.74, 6) is -0.192. The van der Waals surface area contributed by atoms with Gasteiger partial charge in [0, 0.05) is 6.42 Å². The van der Waals surface area contributed by atoms with E-state index >= 15 is 0 Å². The van der Waals surface area contributed by atoms with Crippen LogP contribution in [0.1, 0.15) is 71.1 Å². The smallest absolute Gasteiger partial charge is 0.220 e. The highest BCUT2D eigenvalue weighted by Gasteiger charge is 2.21. The second kappa shape index (κ2) is 34.0. The minimum Gasteiger partial charge on any atom is -0.394 e. The van der Waals surface area contributed by atoms with Gasteiger partial charge < -0.3 is 74.6 Å². The van der Waals surface area contributed by atoms with Crippen LogP contribution >= 0.6 is 0 Å². The molecule has 294 valence electrons. The van der Waals surface area contributed by atoms with E-state index in [0.29, 0.717) is 6.42 Å². The largest absolute Gasteiger partial charge is 0.394 e. The summed E-state index contributed by atoms with van der Waals surface area (Å²) in [5.41, 5.74) is 0. The van der Waals surface area contributed by atoms with E-state index in [1.807, 2.05) is 0 Å². The Morgan fingerprint density at radius 2 is 0.816 bits per heavy atom. The molecule has 0 bridgehead atoms. The first-order valence-electron chi connectivity index (χ1n) is 17.7. The second-order valence-corrected chi connectivity index (χ2v) is 12.2. The van der Waals surface area contributed by atoms with Crippen molar-refractivity contribution in [1.82, 2.24) is 5.32 Å². The van der Waals surface area contributed by atoms with Gasteiger partial charge in [0.25, 0.3) is 0 Å².